The molecule has 28 atom stereocenters. The molecule has 40 aliphatic carbocycles. The molecule has 40 fully saturated rings. The van der Waals surface area contributed by atoms with E-state index >= 15 is 0 Å². The zero-order chi connectivity index (χ0) is 57.0. The molecule has 0 saturated heterocycles. The fourth-order valence-electron chi connectivity index (χ4n) is 41.8. The lowest BCUT2D eigenvalue weighted by Crippen LogP contribution is -3.00. The van der Waals surface area contributed by atoms with E-state index in [0.29, 0.717) is 15.3 Å². The van der Waals surface area contributed by atoms with Gasteiger partial charge in [0.05, 0.1) is 5.54 Å². The van der Waals surface area contributed by atoms with Gasteiger partial charge in [-0.05, 0) is 419 Å². The summed E-state index contributed by atoms with van der Waals surface area (Å²) < 4.78 is 4.21. The summed E-state index contributed by atoms with van der Waals surface area (Å²) in [7, 11) is -1.45. The summed E-state index contributed by atoms with van der Waals surface area (Å²) in [4.78, 5) is 6.18. The number of azide groups is 2. The smallest absolute Gasteiger partial charge is 0.146 e. The first-order chi connectivity index (χ1) is 41.6. The third-order valence-electron chi connectivity index (χ3n) is 40.0. The van der Waals surface area contributed by atoms with Crippen LogP contribution in [0.15, 0.2) is 9.89 Å². The summed E-state index contributed by atoms with van der Waals surface area (Å²) in [6, 6.07) is 0. The van der Waals surface area contributed by atoms with Gasteiger partial charge in [0, 0.05) is 54.7 Å². The third kappa shape index (κ3) is 5.97. The van der Waals surface area contributed by atoms with Gasteiger partial charge >= 0.3 is 0 Å². The number of hydrogen-bond acceptors (Lipinski definition) is 2. The highest BCUT2D eigenvalue weighted by molar-refractivity contribution is 9.93. The van der Waals surface area contributed by atoms with Crippen molar-refractivity contribution in [1.82, 2.24) is 0 Å². The molecule has 3 N–H and O–H groups in total. The molecule has 0 aromatic rings. The molecule has 44 bridgehead atoms. The van der Waals surface area contributed by atoms with E-state index in [1.165, 1.54) is 121 Å². The molecule has 0 aromatic heterocycles. The summed E-state index contributed by atoms with van der Waals surface area (Å²) in [6.07, 6.45) is 44.9. The Bertz CT molecular complexity index is 2870. The first kappa shape index (κ1) is 57.6. The molecule has 28 unspecified atom stereocenters. The van der Waals surface area contributed by atoms with Crippen LogP contribution >= 0.6 is 44.2 Å². The van der Waals surface area contributed by atoms with Crippen molar-refractivity contribution in [2.45, 2.75) is 222 Å². The number of nitrogens with zero attached hydrogens (tertiary/aromatic N) is 6. The largest absolute Gasteiger partial charge is 1.00 e. The van der Waals surface area contributed by atoms with E-state index in [2.05, 4.69) is 58.8 Å². The van der Waals surface area contributed by atoms with Gasteiger partial charge in [-0.3, -0.25) is 0 Å². The predicted molar refractivity (Wildman–Crippen MR) is 354 cm³/mol. The Morgan fingerprint density at radius 3 is 1.03 bits per heavy atom. The Labute approximate surface area is 559 Å². The molecule has 0 radical (unpaired) electrons. The molecule has 88 heavy (non-hydrogen) atoms. The Balaban J connectivity index is 0.0000000764. The monoisotopic (exact) mass is 1420 g/mol. The van der Waals surface area contributed by atoms with Crippen molar-refractivity contribution in [1.29, 1.82) is 0 Å². The van der Waals surface area contributed by atoms with Gasteiger partial charge in [-0.15, -0.1) is 4.78 Å². The van der Waals surface area contributed by atoms with Crippen LogP contribution in [-0.4, -0.2) is 23.6 Å². The standard InChI is InChI=1S/C18H23Br.C18H23N3.C18H25N.C18H24.C3H9N3Si.CH4.Br2.ClH/c19-18-14-3-8-1-12-10(14)5-11-13-2-9(4-15(11)18)7-17(18,6-8)16(12)13;19-21-20-18-14-3-8-1-12-10(14)5-11-13-2-9(4-15(11)18)7-17(18,6-8)16(12)13;19-18-14-3-8-1-12-10(14)5-11-13-2-9(4-15(11)18)7-17(18,6-8)16(12)13;1-8-2-13-10-5-11-14-3-9-4-15(11)17(13)18(6-8,7-9)16(14)12(1)10;1-7(2,3)6-5-4;;1-2;/h8-16H,1-7H2;8-16H,1-7H2;8-16H,1-7,19H2;8-17H,1-7H2;1-3H3;1H4;;1H. The van der Waals surface area contributed by atoms with E-state index in [0.717, 1.165) is 146 Å². The van der Waals surface area contributed by atoms with Crippen LogP contribution < -0.4 is 18.1 Å². The summed E-state index contributed by atoms with van der Waals surface area (Å²) >= 11 is 10.0. The number of alkyl halides is 1. The van der Waals surface area contributed by atoms with Gasteiger partial charge in [0.15, 0.2) is 0 Å². The molecule has 0 aromatic carbocycles. The van der Waals surface area contributed by atoms with Crippen LogP contribution in [0.5, 0.6) is 0 Å². The second-order valence-electron chi connectivity index (χ2n) is 41.4. The van der Waals surface area contributed by atoms with Crippen LogP contribution in [0.2, 0.25) is 19.6 Å². The van der Waals surface area contributed by atoms with Gasteiger partial charge < -0.3 is 18.1 Å². The summed E-state index contributed by atoms with van der Waals surface area (Å²) in [6.45, 7) is 5.98. The molecule has 40 rings (SSSR count). The van der Waals surface area contributed by atoms with E-state index in [1.54, 1.807) is 148 Å². The first-order valence-corrected chi connectivity index (χ1v) is 46.4. The highest BCUT2D eigenvalue weighted by Gasteiger charge is 2.88. The van der Waals surface area contributed by atoms with Crippen LogP contribution in [0.25, 0.3) is 20.9 Å². The number of halogens is 4. The van der Waals surface area contributed by atoms with Gasteiger partial charge in [0.1, 0.15) is 13.8 Å². The molecular weight excluding hydrogens is 1310 g/mol. The molecule has 0 amide bonds. The summed E-state index contributed by atoms with van der Waals surface area (Å²) in [5.41, 5.74) is 26.1. The molecule has 480 valence electrons. The Morgan fingerprint density at radius 1 is 0.364 bits per heavy atom. The molecule has 40 saturated carbocycles. The van der Waals surface area contributed by atoms with Crippen molar-refractivity contribution in [3.8, 4) is 0 Å². The van der Waals surface area contributed by atoms with Crippen molar-refractivity contribution < 1.29 is 18.1 Å². The van der Waals surface area contributed by atoms with Crippen molar-refractivity contribution in [2.75, 3.05) is 0 Å². The molecule has 40 aliphatic rings. The second-order valence-corrected chi connectivity index (χ2v) is 47.2. The maximum absolute atomic E-state index is 9.45. The van der Waals surface area contributed by atoms with Crippen LogP contribution in [0, 0.1) is 241 Å². The SMILES string of the molecule is BrBr.BrC12C3CC4CC5C3CC3C6CC(CC31)CC2(C4)C56.C.C1C2C3CC4CC2C2C5CC6CC(C15)C3C2(C4)C6.C[Si](C)(C)N=[N+]=[N-].[Cl-].[N-]=[N+]=NC12C3CC4CC5C3CC3C6CC(CC31)CC2(C4)C56.[NH3+]C12C3CC4CC5C3CC3C6CC(CC31)CC2(C4)C56. The van der Waals surface area contributed by atoms with Crippen LogP contribution in [-0.2, 0) is 0 Å². The van der Waals surface area contributed by atoms with E-state index in [-0.39, 0.29) is 25.4 Å². The van der Waals surface area contributed by atoms with Crippen LogP contribution in [0.4, 0.5) is 0 Å². The minimum Gasteiger partial charge on any atom is -1.00 e. The Hall–Kier alpha value is 0.527. The van der Waals surface area contributed by atoms with E-state index in [1.807, 2.05) is 19.6 Å². The van der Waals surface area contributed by atoms with Gasteiger partial charge in [-0.1, -0.05) is 48.1 Å². The fourth-order valence-corrected chi connectivity index (χ4v) is 43.7. The number of quaternary nitrogens is 1. The second kappa shape index (κ2) is 17.9. The summed E-state index contributed by atoms with van der Waals surface area (Å²) in [5, 5.41) is 4.77. The zero-order valence-corrected chi connectivity index (χ0v) is 59.6. The quantitative estimate of drug-likeness (QED) is 0.0930. The van der Waals surface area contributed by atoms with E-state index in [4.69, 9.17) is 16.4 Å². The normalized spacial score (nSPS) is 69.4. The van der Waals surface area contributed by atoms with Crippen LogP contribution in [0.1, 0.15) is 187 Å². The Morgan fingerprint density at radius 2 is 0.659 bits per heavy atom. The average Bonchev–Trinajstić information content (AvgIpc) is 0.663. The first-order valence-electron chi connectivity index (χ1n) is 38.4. The van der Waals surface area contributed by atoms with Gasteiger partial charge in [0.25, 0.3) is 0 Å². The number of hydrogen-bond donors (Lipinski definition) is 1. The van der Waals surface area contributed by atoms with Crippen LogP contribution in [0.3, 0.4) is 0 Å². The van der Waals surface area contributed by atoms with Gasteiger partial charge in [-0.25, -0.2) is 0 Å². The fraction of sp³-hybridized carbons (Fsp3) is 1.00. The third-order valence-corrected chi connectivity index (χ3v) is 42.7. The van der Waals surface area contributed by atoms with Crippen molar-refractivity contribution in [3.63, 3.8) is 0 Å². The van der Waals surface area contributed by atoms with E-state index < -0.39 is 8.24 Å². The molecule has 12 heteroatoms. The molecule has 0 aliphatic heterocycles. The van der Waals surface area contributed by atoms with Gasteiger partial charge in [-0.2, -0.15) is 0 Å². The minimum absolute atomic E-state index is 0. The maximum atomic E-state index is 9.45. The van der Waals surface area contributed by atoms with Gasteiger partial charge in [0.2, 0.25) is 0 Å². The lowest BCUT2D eigenvalue weighted by Gasteiger charge is -2.86. The highest BCUT2D eigenvalue weighted by atomic mass is 80.9. The van der Waals surface area contributed by atoms with Crippen molar-refractivity contribution in [3.05, 3.63) is 20.9 Å². The number of rotatable bonds is 2. The lowest BCUT2D eigenvalue weighted by molar-refractivity contribution is -0.607. The molecule has 4 spiro atoms. The lowest BCUT2D eigenvalue weighted by atomic mass is 9.19. The molecule has 0 heterocycles. The molecular formula is C76H109Br3ClN7Si. The minimum atomic E-state index is -1.45. The highest BCUT2D eigenvalue weighted by Crippen LogP contribution is 2.91. The Kier molecular flexibility index (Phi) is 11.7. The van der Waals surface area contributed by atoms with Crippen molar-refractivity contribution in [2.24, 2.45) is 251 Å². The van der Waals surface area contributed by atoms with E-state index in [9.17, 15) is 5.53 Å². The topological polar surface area (TPSA) is 125 Å². The molecule has 7 nitrogen and oxygen atoms in total. The zero-order valence-electron chi connectivity index (χ0n) is 53.1. The van der Waals surface area contributed by atoms with Crippen molar-refractivity contribution >= 4 is 52.4 Å². The average molecular weight is 1420 g/mol. The predicted octanol–water partition coefficient (Wildman–Crippen LogP) is 16.6. The maximum Gasteiger partial charge on any atom is 0.146 e. The summed E-state index contributed by atoms with van der Waals surface area (Å²) in [5.74, 6) is 41.3.